The van der Waals surface area contributed by atoms with Gasteiger partial charge in [-0.05, 0) is 17.7 Å². The van der Waals surface area contributed by atoms with E-state index in [0.29, 0.717) is 15.4 Å². The van der Waals surface area contributed by atoms with Crippen molar-refractivity contribution in [1.29, 1.82) is 0 Å². The van der Waals surface area contributed by atoms with Crippen LogP contribution < -0.4 is 0 Å². The van der Waals surface area contributed by atoms with E-state index in [2.05, 4.69) is 32.6 Å². The monoisotopic (exact) mass is 426 g/mol. The molecule has 3 rings (SSSR count). The van der Waals surface area contributed by atoms with Crippen LogP contribution in [0.3, 0.4) is 0 Å². The molecule has 2 heterocycles. The van der Waals surface area contributed by atoms with E-state index in [1.165, 1.54) is 0 Å². The lowest BCUT2D eigenvalue weighted by Gasteiger charge is -2.00. The quantitative estimate of drug-likeness (QED) is 0.508. The zero-order valence-electron chi connectivity index (χ0n) is 11.3. The molecule has 0 aliphatic rings. The molecule has 3 aromatic rings. The van der Waals surface area contributed by atoms with Gasteiger partial charge in [0.2, 0.25) is 5.89 Å². The molecule has 0 spiro atoms. The van der Waals surface area contributed by atoms with E-state index in [1.54, 1.807) is 6.20 Å². The molecule has 0 saturated carbocycles. The molecule has 22 heavy (non-hydrogen) atoms. The van der Waals surface area contributed by atoms with Gasteiger partial charge < -0.3 is 8.97 Å². The fourth-order valence-corrected chi connectivity index (χ4v) is 3.10. The summed E-state index contributed by atoms with van der Waals surface area (Å²) >= 11 is 0.258. The molecule has 7 heteroatoms. The van der Waals surface area contributed by atoms with Crippen LogP contribution in [0.15, 0.2) is 53.1 Å². The van der Waals surface area contributed by atoms with Gasteiger partial charge >= 0.3 is 0 Å². The lowest BCUT2D eigenvalue weighted by atomic mass is 10.1. The average molecular weight is 426 g/mol. The Balaban J connectivity index is 1.92. The van der Waals surface area contributed by atoms with Crippen molar-refractivity contribution in [3.8, 4) is 22.8 Å². The summed E-state index contributed by atoms with van der Waals surface area (Å²) in [5, 5.41) is 0. The van der Waals surface area contributed by atoms with E-state index in [4.69, 9.17) is 8.97 Å². The van der Waals surface area contributed by atoms with Gasteiger partial charge in [-0.15, -0.1) is 0 Å². The summed E-state index contributed by atoms with van der Waals surface area (Å²) in [4.78, 5) is 8.72. The van der Waals surface area contributed by atoms with Crippen molar-refractivity contribution in [2.45, 2.75) is 5.75 Å². The number of pyridine rings is 1. The number of nitrogens with zero attached hydrogens (tertiary/aromatic N) is 2. The van der Waals surface area contributed by atoms with Crippen LogP contribution in [0.4, 0.5) is 0 Å². The minimum atomic E-state index is -1.84. The summed E-state index contributed by atoms with van der Waals surface area (Å²) in [6.07, 6.45) is 1.69. The first-order valence-corrected chi connectivity index (χ1v) is 8.73. The van der Waals surface area contributed by atoms with Gasteiger partial charge in [0.05, 0.1) is 5.75 Å². The fraction of sp³-hybridized carbons (Fsp3) is 0.0667. The molecular formula is C15H11IN2O3S. The lowest BCUT2D eigenvalue weighted by Crippen LogP contribution is -1.92. The third-order valence-electron chi connectivity index (χ3n) is 2.99. The van der Waals surface area contributed by atoms with Crippen molar-refractivity contribution in [3.63, 3.8) is 0 Å². The number of rotatable bonds is 4. The molecule has 1 aromatic carbocycles. The second-order valence-electron chi connectivity index (χ2n) is 4.52. The Morgan fingerprint density at radius 1 is 1.18 bits per heavy atom. The van der Waals surface area contributed by atoms with Gasteiger partial charge in [-0.25, -0.2) is 9.19 Å². The zero-order valence-corrected chi connectivity index (χ0v) is 14.2. The van der Waals surface area contributed by atoms with Gasteiger partial charge in [0.1, 0.15) is 11.4 Å². The minimum absolute atomic E-state index is 0.120. The lowest BCUT2D eigenvalue weighted by molar-refractivity contribution is 0.545. The third kappa shape index (κ3) is 3.42. The first-order chi connectivity index (χ1) is 10.6. The van der Waals surface area contributed by atoms with E-state index in [9.17, 15) is 4.21 Å². The van der Waals surface area contributed by atoms with Crippen LogP contribution >= 0.6 is 22.6 Å². The summed E-state index contributed by atoms with van der Waals surface area (Å²) < 4.78 is 26.1. The van der Waals surface area contributed by atoms with E-state index < -0.39 is 11.1 Å². The molecule has 0 aliphatic heterocycles. The highest BCUT2D eigenvalue weighted by Gasteiger charge is 2.15. The number of halogens is 1. The summed E-state index contributed by atoms with van der Waals surface area (Å²) in [6, 6.07) is 12.9. The van der Waals surface area contributed by atoms with Gasteiger partial charge in [0.15, 0.2) is 14.8 Å². The van der Waals surface area contributed by atoms with Gasteiger partial charge in [-0.3, -0.25) is 4.98 Å². The normalized spacial score (nSPS) is 12.3. The molecule has 1 N–H and O–H groups in total. The molecule has 0 radical (unpaired) electrons. The molecule has 0 aliphatic carbocycles. The van der Waals surface area contributed by atoms with Crippen molar-refractivity contribution < 1.29 is 13.2 Å². The first kappa shape index (κ1) is 15.3. The van der Waals surface area contributed by atoms with E-state index in [1.807, 2.05) is 42.5 Å². The van der Waals surface area contributed by atoms with Gasteiger partial charge in [-0.2, -0.15) is 0 Å². The maximum absolute atomic E-state index is 10.8. The van der Waals surface area contributed by atoms with Gasteiger partial charge in [-0.1, -0.05) is 30.3 Å². The van der Waals surface area contributed by atoms with Gasteiger partial charge in [0, 0.05) is 34.4 Å². The van der Waals surface area contributed by atoms with Crippen molar-refractivity contribution in [1.82, 2.24) is 9.97 Å². The highest BCUT2D eigenvalue weighted by atomic mass is 127. The highest BCUT2D eigenvalue weighted by molar-refractivity contribution is 14.1. The van der Waals surface area contributed by atoms with Crippen LogP contribution in [-0.2, 0) is 16.8 Å². The summed E-state index contributed by atoms with van der Waals surface area (Å²) in [5.74, 6) is 0.593. The SMILES string of the molecule is O=S(O)Cc1ccc(-c2nc(-c3ccccn3)oc2I)cc1. The number of hydrogen-bond donors (Lipinski definition) is 1. The van der Waals surface area contributed by atoms with E-state index in [-0.39, 0.29) is 5.75 Å². The van der Waals surface area contributed by atoms with Crippen LogP contribution in [0.25, 0.3) is 22.8 Å². The predicted octanol–water partition coefficient (Wildman–Crippen LogP) is 3.73. The Kier molecular flexibility index (Phi) is 4.65. The second-order valence-corrected chi connectivity index (χ2v) is 6.43. The zero-order chi connectivity index (χ0) is 15.5. The molecule has 0 fully saturated rings. The summed E-state index contributed by atoms with van der Waals surface area (Å²) in [6.45, 7) is 0. The summed E-state index contributed by atoms with van der Waals surface area (Å²) in [5.41, 5.74) is 3.10. The molecule has 0 saturated heterocycles. The predicted molar refractivity (Wildman–Crippen MR) is 92.4 cm³/mol. The smallest absolute Gasteiger partial charge is 0.246 e. The van der Waals surface area contributed by atoms with Crippen LogP contribution in [-0.4, -0.2) is 18.7 Å². The van der Waals surface area contributed by atoms with Crippen LogP contribution in [0.1, 0.15) is 5.56 Å². The third-order valence-corrected chi connectivity index (χ3v) is 4.30. The number of aromatic nitrogens is 2. The number of benzene rings is 1. The Hall–Kier alpha value is -1.58. The molecule has 0 bridgehead atoms. The average Bonchev–Trinajstić information content (AvgIpc) is 2.90. The molecule has 1 unspecified atom stereocenters. The molecule has 112 valence electrons. The Labute approximate surface area is 143 Å². The van der Waals surface area contributed by atoms with Crippen LogP contribution in [0, 0.1) is 3.77 Å². The number of hydrogen-bond acceptors (Lipinski definition) is 4. The topological polar surface area (TPSA) is 76.2 Å². The van der Waals surface area contributed by atoms with E-state index >= 15 is 0 Å². The van der Waals surface area contributed by atoms with Crippen molar-refractivity contribution in [3.05, 3.63) is 58.0 Å². The largest absolute Gasteiger partial charge is 0.428 e. The Morgan fingerprint density at radius 2 is 1.95 bits per heavy atom. The first-order valence-electron chi connectivity index (χ1n) is 6.38. The van der Waals surface area contributed by atoms with Crippen LogP contribution in [0.5, 0.6) is 0 Å². The standard InChI is InChI=1S/C15H11IN2O3S/c16-14-13(11-6-4-10(5-7-11)9-22(19)20)18-15(21-14)12-3-1-2-8-17-12/h1-8H,9H2,(H,19,20). The molecule has 1 atom stereocenters. The second kappa shape index (κ2) is 6.67. The van der Waals surface area contributed by atoms with Crippen molar-refractivity contribution >= 4 is 33.7 Å². The van der Waals surface area contributed by atoms with Crippen molar-refractivity contribution in [2.75, 3.05) is 0 Å². The molecule has 0 amide bonds. The maximum Gasteiger partial charge on any atom is 0.246 e. The fourth-order valence-electron chi connectivity index (χ4n) is 1.98. The van der Waals surface area contributed by atoms with Crippen molar-refractivity contribution in [2.24, 2.45) is 0 Å². The summed E-state index contributed by atoms with van der Waals surface area (Å²) in [7, 11) is 0. The Morgan fingerprint density at radius 3 is 2.59 bits per heavy atom. The van der Waals surface area contributed by atoms with E-state index in [0.717, 1.165) is 16.8 Å². The van der Waals surface area contributed by atoms with Gasteiger partial charge in [0.25, 0.3) is 0 Å². The number of oxazole rings is 1. The molecular weight excluding hydrogens is 415 g/mol. The molecule has 5 nitrogen and oxygen atoms in total. The van der Waals surface area contributed by atoms with Crippen LogP contribution in [0.2, 0.25) is 0 Å². The Bertz CT molecular complexity index is 803. The molecule has 2 aromatic heterocycles. The highest BCUT2D eigenvalue weighted by Crippen LogP contribution is 2.29. The minimum Gasteiger partial charge on any atom is -0.428 e. The maximum atomic E-state index is 10.8.